The molecule has 1 aliphatic rings. The van der Waals surface area contributed by atoms with Gasteiger partial charge in [-0.3, -0.25) is 9.78 Å². The van der Waals surface area contributed by atoms with Crippen molar-refractivity contribution in [3.63, 3.8) is 0 Å². The van der Waals surface area contributed by atoms with Crippen LogP contribution >= 0.6 is 11.3 Å². The minimum absolute atomic E-state index is 0.173. The monoisotopic (exact) mass is 362 g/mol. The highest BCUT2D eigenvalue weighted by Gasteiger charge is 2.36. The largest absolute Gasteiger partial charge is 0.486 e. The Labute approximate surface area is 148 Å². The van der Waals surface area contributed by atoms with E-state index in [0.29, 0.717) is 22.8 Å². The predicted molar refractivity (Wildman–Crippen MR) is 90.8 cm³/mol. The van der Waals surface area contributed by atoms with Crippen LogP contribution in [0.1, 0.15) is 27.0 Å². The van der Waals surface area contributed by atoms with Crippen LogP contribution in [0.25, 0.3) is 0 Å². The molecule has 1 aromatic carbocycles. The molecule has 0 spiro atoms. The summed E-state index contributed by atoms with van der Waals surface area (Å²) in [7, 11) is 0. The van der Waals surface area contributed by atoms with Gasteiger partial charge in [0.05, 0.1) is 37.0 Å². The van der Waals surface area contributed by atoms with Gasteiger partial charge in [0.2, 0.25) is 0 Å². The molecule has 1 amide bonds. The molecular weight excluding hydrogens is 344 g/mol. The van der Waals surface area contributed by atoms with Crippen molar-refractivity contribution in [2.45, 2.75) is 19.1 Å². The van der Waals surface area contributed by atoms with Gasteiger partial charge in [-0.05, 0) is 25.1 Å². The summed E-state index contributed by atoms with van der Waals surface area (Å²) in [5.74, 6) is -0.156. The molecule has 8 heteroatoms. The Balaban J connectivity index is 1.66. The third-order valence-corrected chi connectivity index (χ3v) is 4.56. The van der Waals surface area contributed by atoms with Crippen LogP contribution in [0.4, 0.5) is 0 Å². The molecule has 0 unspecified atom stereocenters. The van der Waals surface area contributed by atoms with Crippen LogP contribution in [0.15, 0.2) is 36.0 Å². The number of aromatic nitrogens is 1. The van der Waals surface area contributed by atoms with Crippen LogP contribution in [0, 0.1) is 0 Å². The van der Waals surface area contributed by atoms with Crippen LogP contribution < -0.4 is 4.74 Å². The highest BCUT2D eigenvalue weighted by atomic mass is 32.1. The smallest absolute Gasteiger partial charge is 0.338 e. The number of ether oxygens (including phenoxy) is 2. The number of carbonyl (C=O) groups excluding carboxylic acids is 2. The van der Waals surface area contributed by atoms with E-state index in [2.05, 4.69) is 4.98 Å². The van der Waals surface area contributed by atoms with Gasteiger partial charge in [-0.25, -0.2) is 4.79 Å². The number of benzene rings is 1. The molecular formula is C17H18N2O5S. The number of carbonyl (C=O) groups is 2. The van der Waals surface area contributed by atoms with E-state index in [1.165, 1.54) is 22.4 Å². The Kier molecular flexibility index (Phi) is 5.30. The Bertz CT molecular complexity index is 749. The number of amides is 1. The van der Waals surface area contributed by atoms with Crippen molar-refractivity contribution in [3.05, 3.63) is 46.4 Å². The second-order valence-electron chi connectivity index (χ2n) is 5.55. The van der Waals surface area contributed by atoms with Crippen molar-refractivity contribution in [2.24, 2.45) is 0 Å². The number of aliphatic hydroxyl groups excluding tert-OH is 1. The summed E-state index contributed by atoms with van der Waals surface area (Å²) in [4.78, 5) is 30.1. The molecule has 2 heterocycles. The molecule has 0 radical (unpaired) electrons. The number of hydrogen-bond donors (Lipinski definition) is 1. The summed E-state index contributed by atoms with van der Waals surface area (Å²) < 4.78 is 10.8. The number of aliphatic hydroxyl groups is 1. The van der Waals surface area contributed by atoms with Crippen molar-refractivity contribution in [2.75, 3.05) is 19.7 Å². The molecule has 7 nitrogen and oxygen atoms in total. The van der Waals surface area contributed by atoms with Gasteiger partial charge in [0.15, 0.2) is 0 Å². The third kappa shape index (κ3) is 3.97. The lowest BCUT2D eigenvalue weighted by Gasteiger charge is -2.17. The normalized spacial score (nSPS) is 19.7. The van der Waals surface area contributed by atoms with Gasteiger partial charge in [0, 0.05) is 0 Å². The van der Waals surface area contributed by atoms with Gasteiger partial charge >= 0.3 is 5.97 Å². The summed E-state index contributed by atoms with van der Waals surface area (Å²) in [6.45, 7) is 2.49. The Morgan fingerprint density at radius 1 is 1.40 bits per heavy atom. The van der Waals surface area contributed by atoms with E-state index in [1.807, 2.05) is 0 Å². The van der Waals surface area contributed by atoms with Crippen molar-refractivity contribution in [1.82, 2.24) is 9.88 Å². The first kappa shape index (κ1) is 17.4. The molecule has 1 N–H and O–H groups in total. The van der Waals surface area contributed by atoms with E-state index in [0.717, 1.165) is 0 Å². The van der Waals surface area contributed by atoms with E-state index < -0.39 is 18.2 Å². The molecule has 132 valence electrons. The molecule has 1 aromatic heterocycles. The fraction of sp³-hybridized carbons (Fsp3) is 0.353. The van der Waals surface area contributed by atoms with E-state index in [9.17, 15) is 14.7 Å². The number of hydrogen-bond acceptors (Lipinski definition) is 7. The quantitative estimate of drug-likeness (QED) is 0.813. The van der Waals surface area contributed by atoms with E-state index >= 15 is 0 Å². The van der Waals surface area contributed by atoms with Crippen molar-refractivity contribution in [1.29, 1.82) is 0 Å². The van der Waals surface area contributed by atoms with E-state index in [-0.39, 0.29) is 19.0 Å². The van der Waals surface area contributed by atoms with Crippen LogP contribution in [0.2, 0.25) is 0 Å². The van der Waals surface area contributed by atoms with E-state index in [1.54, 1.807) is 36.7 Å². The molecule has 25 heavy (non-hydrogen) atoms. The summed E-state index contributed by atoms with van der Waals surface area (Å²) >= 11 is 1.26. The number of likely N-dealkylation sites (tertiary alicyclic amines) is 1. The SMILES string of the molecule is CCOC(=O)c1cccc(O[C@@H]2CN(C(=O)c3cncs3)C[C@H]2O)c1. The summed E-state index contributed by atoms with van der Waals surface area (Å²) in [5, 5.41) is 10.2. The average molecular weight is 362 g/mol. The van der Waals surface area contributed by atoms with E-state index in [4.69, 9.17) is 9.47 Å². The van der Waals surface area contributed by atoms with Crippen molar-refractivity contribution in [3.8, 4) is 5.75 Å². The maximum Gasteiger partial charge on any atom is 0.338 e. The zero-order chi connectivity index (χ0) is 17.8. The zero-order valence-corrected chi connectivity index (χ0v) is 14.4. The van der Waals surface area contributed by atoms with Gasteiger partial charge < -0.3 is 19.5 Å². The molecule has 0 bridgehead atoms. The van der Waals surface area contributed by atoms with Crippen LogP contribution in [0.3, 0.4) is 0 Å². The second kappa shape index (κ2) is 7.62. The highest BCUT2D eigenvalue weighted by molar-refractivity contribution is 7.11. The molecule has 1 aliphatic heterocycles. The van der Waals surface area contributed by atoms with Gasteiger partial charge in [-0.1, -0.05) is 6.07 Å². The lowest BCUT2D eigenvalue weighted by atomic mass is 10.2. The maximum atomic E-state index is 12.3. The summed E-state index contributed by atoms with van der Waals surface area (Å²) in [5.41, 5.74) is 1.97. The number of esters is 1. The Morgan fingerprint density at radius 3 is 2.96 bits per heavy atom. The zero-order valence-electron chi connectivity index (χ0n) is 13.6. The molecule has 0 aliphatic carbocycles. The maximum absolute atomic E-state index is 12.3. The first-order chi connectivity index (χ1) is 12.1. The fourth-order valence-electron chi connectivity index (χ4n) is 2.60. The average Bonchev–Trinajstić information content (AvgIpc) is 3.25. The molecule has 2 atom stereocenters. The first-order valence-electron chi connectivity index (χ1n) is 7.88. The predicted octanol–water partition coefficient (Wildman–Crippen LogP) is 1.58. The summed E-state index contributed by atoms with van der Waals surface area (Å²) in [6, 6.07) is 6.58. The number of β-amino-alcohol motifs (C(OH)–C–C–N with tert-alkyl or cyclic N) is 1. The van der Waals surface area contributed by atoms with Gasteiger partial charge in [0.1, 0.15) is 22.8 Å². The summed E-state index contributed by atoms with van der Waals surface area (Å²) in [6.07, 6.45) is 0.147. The molecule has 2 aromatic rings. The Morgan fingerprint density at radius 2 is 2.24 bits per heavy atom. The molecule has 0 saturated carbocycles. The standard InChI is InChI=1S/C17H18N2O5S/c1-2-23-17(22)11-4-3-5-12(6-11)24-14-9-19(8-13(14)20)16(21)15-7-18-10-25-15/h3-7,10,13-14,20H,2,8-9H2,1H3/t13-,14-/m1/s1. The van der Waals surface area contributed by atoms with Crippen molar-refractivity contribution < 1.29 is 24.2 Å². The second-order valence-corrected chi connectivity index (χ2v) is 6.43. The minimum Gasteiger partial charge on any atom is -0.486 e. The molecule has 3 rings (SSSR count). The van der Waals surface area contributed by atoms with Crippen LogP contribution in [0.5, 0.6) is 5.75 Å². The highest BCUT2D eigenvalue weighted by Crippen LogP contribution is 2.22. The van der Waals surface area contributed by atoms with Crippen LogP contribution in [-0.4, -0.2) is 58.8 Å². The fourth-order valence-corrected chi connectivity index (χ4v) is 3.19. The van der Waals surface area contributed by atoms with Crippen LogP contribution in [-0.2, 0) is 4.74 Å². The van der Waals surface area contributed by atoms with Gasteiger partial charge in [0.25, 0.3) is 5.91 Å². The van der Waals surface area contributed by atoms with Gasteiger partial charge in [-0.2, -0.15) is 0 Å². The van der Waals surface area contributed by atoms with Gasteiger partial charge in [-0.15, -0.1) is 11.3 Å². The number of nitrogens with zero attached hydrogens (tertiary/aromatic N) is 2. The first-order valence-corrected chi connectivity index (χ1v) is 8.76. The molecule has 1 fully saturated rings. The lowest BCUT2D eigenvalue weighted by Crippen LogP contribution is -2.31. The van der Waals surface area contributed by atoms with Crippen molar-refractivity contribution >= 4 is 23.2 Å². The molecule has 1 saturated heterocycles. The number of thiazole rings is 1. The Hall–Kier alpha value is -2.45. The lowest BCUT2D eigenvalue weighted by molar-refractivity contribution is 0.0524. The minimum atomic E-state index is -0.803. The number of rotatable bonds is 5. The third-order valence-electron chi connectivity index (χ3n) is 3.80. The topological polar surface area (TPSA) is 89.0 Å².